The molecule has 0 saturated carbocycles. The van der Waals surface area contributed by atoms with Crippen molar-refractivity contribution >= 4 is 33.6 Å². The summed E-state index contributed by atoms with van der Waals surface area (Å²) >= 11 is 3.43. The van der Waals surface area contributed by atoms with Gasteiger partial charge in [0.25, 0.3) is 5.91 Å². The lowest BCUT2D eigenvalue weighted by Crippen LogP contribution is -2.48. The number of hydrogen-bond donors (Lipinski definition) is 2. The number of anilines is 1. The Balaban J connectivity index is 1.57. The van der Waals surface area contributed by atoms with E-state index in [0.29, 0.717) is 6.54 Å². The van der Waals surface area contributed by atoms with E-state index >= 15 is 0 Å². The molecule has 2 heterocycles. The maximum Gasteiger partial charge on any atom is 0.404 e. The Morgan fingerprint density at radius 3 is 2.79 bits per heavy atom. The molecule has 0 spiro atoms. The van der Waals surface area contributed by atoms with Gasteiger partial charge in [-0.2, -0.15) is 0 Å². The molecule has 2 aliphatic heterocycles. The van der Waals surface area contributed by atoms with E-state index in [9.17, 15) is 9.59 Å². The molecule has 2 N–H and O–H groups in total. The summed E-state index contributed by atoms with van der Waals surface area (Å²) in [5, 5.41) is 11.3. The number of ether oxygens (including phenoxy) is 1. The zero-order chi connectivity index (χ0) is 17.1. The number of carboxylic acid groups (broad SMARTS) is 1. The van der Waals surface area contributed by atoms with Crippen molar-refractivity contribution in [2.75, 3.05) is 37.7 Å². The van der Waals surface area contributed by atoms with Crippen molar-refractivity contribution in [3.05, 3.63) is 22.7 Å². The van der Waals surface area contributed by atoms with Crippen molar-refractivity contribution in [2.45, 2.75) is 18.9 Å². The Morgan fingerprint density at radius 1 is 1.33 bits per heavy atom. The molecular formula is C16H20BrN3O4. The number of rotatable bonds is 4. The Labute approximate surface area is 148 Å². The number of amides is 2. The number of carbonyl (C=O) groups excluding carboxylic acids is 1. The van der Waals surface area contributed by atoms with Crippen LogP contribution in [0.4, 0.5) is 10.5 Å². The zero-order valence-electron chi connectivity index (χ0n) is 13.2. The van der Waals surface area contributed by atoms with E-state index in [1.807, 2.05) is 18.2 Å². The second kappa shape index (κ2) is 7.40. The van der Waals surface area contributed by atoms with Gasteiger partial charge < -0.3 is 25.0 Å². The number of nitrogens with zero attached hydrogens (tertiary/aromatic N) is 2. The van der Waals surface area contributed by atoms with Crippen molar-refractivity contribution in [3.8, 4) is 5.75 Å². The highest BCUT2D eigenvalue weighted by Crippen LogP contribution is 2.34. The fourth-order valence-electron chi connectivity index (χ4n) is 3.14. The highest BCUT2D eigenvalue weighted by molar-refractivity contribution is 9.10. The number of nitrogens with one attached hydrogen (secondary N) is 1. The summed E-state index contributed by atoms with van der Waals surface area (Å²) in [6, 6.07) is 5.69. The molecule has 0 aromatic heterocycles. The van der Waals surface area contributed by atoms with Crippen LogP contribution in [-0.2, 0) is 4.79 Å². The van der Waals surface area contributed by atoms with Gasteiger partial charge in [0.1, 0.15) is 5.75 Å². The molecule has 1 fully saturated rings. The maximum absolute atomic E-state index is 12.2. The fourth-order valence-corrected chi connectivity index (χ4v) is 3.49. The number of carbonyl (C=O) groups is 2. The van der Waals surface area contributed by atoms with Crippen molar-refractivity contribution < 1.29 is 19.4 Å². The van der Waals surface area contributed by atoms with Gasteiger partial charge in [0.15, 0.2) is 6.61 Å². The van der Waals surface area contributed by atoms with Gasteiger partial charge in [-0.3, -0.25) is 4.79 Å². The lowest BCUT2D eigenvalue weighted by molar-refractivity contribution is -0.121. The SMILES string of the molecule is O=C(O)NC1CCN(CCN2C(=O)COc3ccc(Br)cc32)CC1. The monoisotopic (exact) mass is 397 g/mol. The standard InChI is InChI=1S/C16H20BrN3O4/c17-11-1-2-14-13(9-11)20(15(21)10-24-14)8-7-19-5-3-12(4-6-19)18-16(22)23/h1-2,9,12,18H,3-8,10H2,(H,22,23). The summed E-state index contributed by atoms with van der Waals surface area (Å²) in [7, 11) is 0. The van der Waals surface area contributed by atoms with Gasteiger partial charge in [-0.25, -0.2) is 4.79 Å². The molecule has 1 saturated heterocycles. The van der Waals surface area contributed by atoms with E-state index in [4.69, 9.17) is 9.84 Å². The smallest absolute Gasteiger partial charge is 0.404 e. The molecule has 7 nitrogen and oxygen atoms in total. The third kappa shape index (κ3) is 3.99. The molecule has 0 radical (unpaired) electrons. The first-order valence-corrected chi connectivity index (χ1v) is 8.77. The normalized spacial score (nSPS) is 18.9. The number of piperidine rings is 1. The van der Waals surface area contributed by atoms with Gasteiger partial charge in [0.2, 0.25) is 0 Å². The molecule has 1 aromatic carbocycles. The maximum atomic E-state index is 12.2. The molecule has 3 rings (SSSR count). The first kappa shape index (κ1) is 17.0. The molecule has 2 amide bonds. The third-order valence-electron chi connectivity index (χ3n) is 4.42. The van der Waals surface area contributed by atoms with Crippen LogP contribution in [-0.4, -0.2) is 60.8 Å². The number of halogens is 1. The molecule has 130 valence electrons. The van der Waals surface area contributed by atoms with Crippen LogP contribution in [0.15, 0.2) is 22.7 Å². The lowest BCUT2D eigenvalue weighted by Gasteiger charge is -2.35. The summed E-state index contributed by atoms with van der Waals surface area (Å²) in [4.78, 5) is 26.9. The number of fused-ring (bicyclic) bond motifs is 1. The molecular weight excluding hydrogens is 378 g/mol. The Kier molecular flexibility index (Phi) is 5.25. The number of hydrogen-bond acceptors (Lipinski definition) is 4. The van der Waals surface area contributed by atoms with E-state index in [1.54, 1.807) is 4.90 Å². The van der Waals surface area contributed by atoms with Crippen molar-refractivity contribution in [1.82, 2.24) is 10.2 Å². The van der Waals surface area contributed by atoms with Gasteiger partial charge in [0, 0.05) is 36.7 Å². The Hall–Kier alpha value is -1.80. The first-order chi connectivity index (χ1) is 11.5. The molecule has 24 heavy (non-hydrogen) atoms. The summed E-state index contributed by atoms with van der Waals surface area (Å²) < 4.78 is 6.38. The van der Waals surface area contributed by atoms with Crippen LogP contribution in [0.1, 0.15) is 12.8 Å². The summed E-state index contributed by atoms with van der Waals surface area (Å²) in [5.74, 6) is 0.685. The van der Waals surface area contributed by atoms with Gasteiger partial charge in [-0.15, -0.1) is 0 Å². The van der Waals surface area contributed by atoms with Gasteiger partial charge >= 0.3 is 6.09 Å². The van der Waals surface area contributed by atoms with Crippen molar-refractivity contribution in [3.63, 3.8) is 0 Å². The van der Waals surface area contributed by atoms with Crippen molar-refractivity contribution in [1.29, 1.82) is 0 Å². The minimum Gasteiger partial charge on any atom is -0.482 e. The average molecular weight is 398 g/mol. The Bertz CT molecular complexity index is 632. The summed E-state index contributed by atoms with van der Waals surface area (Å²) in [6.45, 7) is 3.09. The van der Waals surface area contributed by atoms with Gasteiger partial charge in [-0.05, 0) is 31.0 Å². The molecule has 0 aliphatic carbocycles. The second-order valence-electron chi connectivity index (χ2n) is 6.01. The highest BCUT2D eigenvalue weighted by Gasteiger charge is 2.27. The lowest BCUT2D eigenvalue weighted by atomic mass is 10.1. The second-order valence-corrected chi connectivity index (χ2v) is 6.93. The molecule has 8 heteroatoms. The van der Waals surface area contributed by atoms with E-state index in [0.717, 1.165) is 48.4 Å². The quantitative estimate of drug-likeness (QED) is 0.810. The predicted molar refractivity (Wildman–Crippen MR) is 92.6 cm³/mol. The highest BCUT2D eigenvalue weighted by atomic mass is 79.9. The molecule has 1 aromatic rings. The Morgan fingerprint density at radius 2 is 2.08 bits per heavy atom. The fraction of sp³-hybridized carbons (Fsp3) is 0.500. The predicted octanol–water partition coefficient (Wildman–Crippen LogP) is 1.91. The zero-order valence-corrected chi connectivity index (χ0v) is 14.8. The van der Waals surface area contributed by atoms with Gasteiger partial charge in [0.05, 0.1) is 5.69 Å². The summed E-state index contributed by atoms with van der Waals surface area (Å²) in [6.07, 6.45) is 0.631. The van der Waals surface area contributed by atoms with Crippen molar-refractivity contribution in [2.24, 2.45) is 0 Å². The minimum absolute atomic E-state index is 0.0282. The van der Waals surface area contributed by atoms with Crippen LogP contribution >= 0.6 is 15.9 Å². The minimum atomic E-state index is -0.963. The average Bonchev–Trinajstić information content (AvgIpc) is 2.55. The molecule has 0 bridgehead atoms. The van der Waals surface area contributed by atoms with Crippen LogP contribution < -0.4 is 15.0 Å². The molecule has 0 atom stereocenters. The van der Waals surface area contributed by atoms with Gasteiger partial charge in [-0.1, -0.05) is 15.9 Å². The largest absolute Gasteiger partial charge is 0.482 e. The van der Waals surface area contributed by atoms with E-state index in [2.05, 4.69) is 26.1 Å². The van der Waals surface area contributed by atoms with Crippen LogP contribution in [0.2, 0.25) is 0 Å². The third-order valence-corrected chi connectivity index (χ3v) is 4.91. The summed E-state index contributed by atoms with van der Waals surface area (Å²) in [5.41, 5.74) is 0.794. The molecule has 2 aliphatic rings. The molecule has 0 unspecified atom stereocenters. The van der Waals surface area contributed by atoms with Crippen LogP contribution in [0, 0.1) is 0 Å². The van der Waals surface area contributed by atoms with Crippen LogP contribution in [0.3, 0.4) is 0 Å². The topological polar surface area (TPSA) is 82.1 Å². The first-order valence-electron chi connectivity index (χ1n) is 7.97. The van der Waals surface area contributed by atoms with E-state index in [1.165, 1.54) is 0 Å². The van der Waals surface area contributed by atoms with Crippen LogP contribution in [0.5, 0.6) is 5.75 Å². The number of likely N-dealkylation sites (tertiary alicyclic amines) is 1. The van der Waals surface area contributed by atoms with Crippen LogP contribution in [0.25, 0.3) is 0 Å². The van der Waals surface area contributed by atoms with E-state index in [-0.39, 0.29) is 18.6 Å². The number of benzene rings is 1. The van der Waals surface area contributed by atoms with E-state index < -0.39 is 6.09 Å².